The normalized spacial score (nSPS) is 15.1. The molecule has 0 atom stereocenters. The van der Waals surface area contributed by atoms with Crippen LogP contribution in [-0.2, 0) is 11.3 Å². The molecule has 0 bridgehead atoms. The van der Waals surface area contributed by atoms with Crippen LogP contribution in [0.3, 0.4) is 0 Å². The smallest absolute Gasteiger partial charge is 0.270 e. The van der Waals surface area contributed by atoms with E-state index in [0.29, 0.717) is 15.8 Å². The van der Waals surface area contributed by atoms with Crippen molar-refractivity contribution in [3.8, 4) is 0 Å². The molecule has 1 aliphatic heterocycles. The third kappa shape index (κ3) is 3.95. The van der Waals surface area contributed by atoms with E-state index in [1.165, 1.54) is 23.9 Å². The predicted octanol–water partition coefficient (Wildman–Crippen LogP) is 7.39. The summed E-state index contributed by atoms with van der Waals surface area (Å²) in [5, 5.41) is 3.10. The monoisotopic (exact) mass is 494 g/mol. The number of thiocarbonyl (C=S) groups is 1. The van der Waals surface area contributed by atoms with E-state index in [0.717, 1.165) is 38.5 Å². The molecule has 170 valence electrons. The van der Waals surface area contributed by atoms with E-state index in [1.807, 2.05) is 72.9 Å². The highest BCUT2D eigenvalue weighted by atomic mass is 32.2. The van der Waals surface area contributed by atoms with E-state index in [9.17, 15) is 9.18 Å². The lowest BCUT2D eigenvalue weighted by molar-refractivity contribution is -0.113. The fourth-order valence-corrected chi connectivity index (χ4v) is 5.80. The zero-order valence-electron chi connectivity index (χ0n) is 18.5. The number of aromatic nitrogens is 1. The topological polar surface area (TPSA) is 25.2 Å². The number of fused-ring (bicyclic) bond motifs is 2. The lowest BCUT2D eigenvalue weighted by Gasteiger charge is -2.17. The summed E-state index contributed by atoms with van der Waals surface area (Å²) >= 11 is 6.97. The van der Waals surface area contributed by atoms with Gasteiger partial charge in [-0.25, -0.2) is 4.39 Å². The quantitative estimate of drug-likeness (QED) is 0.192. The minimum Gasteiger partial charge on any atom is -0.342 e. The number of para-hydroxylation sites is 1. The molecule has 0 unspecified atom stereocenters. The second-order valence-electron chi connectivity index (χ2n) is 8.37. The Labute approximate surface area is 211 Å². The zero-order chi connectivity index (χ0) is 23.9. The van der Waals surface area contributed by atoms with Crippen LogP contribution in [0.25, 0.3) is 27.8 Å². The van der Waals surface area contributed by atoms with Crippen LogP contribution in [0.15, 0.2) is 102 Å². The Kier molecular flexibility index (Phi) is 5.47. The molecule has 2 heterocycles. The summed E-state index contributed by atoms with van der Waals surface area (Å²) in [6, 6.07) is 28.5. The maximum atomic E-state index is 13.5. The Hall–Kier alpha value is -3.74. The van der Waals surface area contributed by atoms with Gasteiger partial charge in [0.25, 0.3) is 5.91 Å². The SMILES string of the molecule is O=C1/C(=C\c2cn(Cc3ccc(F)cc3)c3ccccc23)SC(=S)N1c1cccc2ccccc12. The molecule has 6 heteroatoms. The molecule has 1 fully saturated rings. The Morgan fingerprint density at radius 3 is 2.40 bits per heavy atom. The molecule has 0 N–H and O–H groups in total. The van der Waals surface area contributed by atoms with E-state index in [2.05, 4.69) is 10.6 Å². The molecule has 1 aliphatic rings. The van der Waals surface area contributed by atoms with Gasteiger partial charge in [0.1, 0.15) is 5.82 Å². The third-order valence-electron chi connectivity index (χ3n) is 6.17. The number of anilines is 1. The number of carbonyl (C=O) groups is 1. The Morgan fingerprint density at radius 1 is 0.857 bits per heavy atom. The van der Waals surface area contributed by atoms with Crippen LogP contribution in [0, 0.1) is 5.82 Å². The largest absolute Gasteiger partial charge is 0.342 e. The first kappa shape index (κ1) is 21.8. The van der Waals surface area contributed by atoms with Gasteiger partial charge in [-0.15, -0.1) is 0 Å². The van der Waals surface area contributed by atoms with Gasteiger partial charge in [-0.05, 0) is 41.3 Å². The Balaban J connectivity index is 1.39. The molecule has 5 aromatic rings. The number of thioether (sulfide) groups is 1. The first-order valence-corrected chi connectivity index (χ1v) is 12.4. The summed E-state index contributed by atoms with van der Waals surface area (Å²) in [5.74, 6) is -0.369. The first-order chi connectivity index (χ1) is 17.1. The average Bonchev–Trinajstić information content (AvgIpc) is 3.36. The lowest BCUT2D eigenvalue weighted by Crippen LogP contribution is -2.27. The molecule has 4 aromatic carbocycles. The van der Waals surface area contributed by atoms with E-state index in [4.69, 9.17) is 12.2 Å². The van der Waals surface area contributed by atoms with Crippen LogP contribution in [0.5, 0.6) is 0 Å². The van der Waals surface area contributed by atoms with Gasteiger partial charge < -0.3 is 4.57 Å². The minimum absolute atomic E-state index is 0.119. The molecule has 0 radical (unpaired) electrons. The van der Waals surface area contributed by atoms with Crippen LogP contribution in [0.4, 0.5) is 10.1 Å². The Bertz CT molecular complexity index is 1650. The number of nitrogens with zero attached hydrogens (tertiary/aromatic N) is 2. The molecular weight excluding hydrogens is 475 g/mol. The van der Waals surface area contributed by atoms with Gasteiger partial charge in [0.15, 0.2) is 4.32 Å². The molecule has 0 aliphatic carbocycles. The highest BCUT2D eigenvalue weighted by molar-refractivity contribution is 8.27. The number of hydrogen-bond donors (Lipinski definition) is 0. The van der Waals surface area contributed by atoms with Gasteiger partial charge in [-0.1, -0.05) is 90.7 Å². The number of amides is 1. The zero-order valence-corrected chi connectivity index (χ0v) is 20.2. The number of hydrogen-bond acceptors (Lipinski definition) is 3. The van der Waals surface area contributed by atoms with Crippen LogP contribution in [0.1, 0.15) is 11.1 Å². The van der Waals surface area contributed by atoms with Gasteiger partial charge in [0, 0.05) is 34.6 Å². The molecule has 6 rings (SSSR count). The summed E-state index contributed by atoms with van der Waals surface area (Å²) in [6.45, 7) is 0.603. The van der Waals surface area contributed by atoms with Gasteiger partial charge in [0.2, 0.25) is 0 Å². The second-order valence-corrected chi connectivity index (χ2v) is 10.0. The number of benzene rings is 4. The summed E-state index contributed by atoms with van der Waals surface area (Å²) in [5.41, 5.74) is 3.79. The molecule has 0 saturated carbocycles. The molecule has 0 spiro atoms. The van der Waals surface area contributed by atoms with Crippen molar-refractivity contribution in [2.24, 2.45) is 0 Å². The van der Waals surface area contributed by atoms with Crippen molar-refractivity contribution >= 4 is 67.6 Å². The lowest BCUT2D eigenvalue weighted by atomic mass is 10.1. The minimum atomic E-state index is -0.250. The highest BCUT2D eigenvalue weighted by Gasteiger charge is 2.34. The molecule has 1 saturated heterocycles. The maximum absolute atomic E-state index is 13.5. The molecule has 1 aromatic heterocycles. The Morgan fingerprint density at radius 2 is 1.57 bits per heavy atom. The molecule has 1 amide bonds. The van der Waals surface area contributed by atoms with Crippen molar-refractivity contribution in [2.75, 3.05) is 4.90 Å². The highest BCUT2D eigenvalue weighted by Crippen LogP contribution is 2.39. The van der Waals surface area contributed by atoms with Crippen molar-refractivity contribution in [1.82, 2.24) is 4.57 Å². The average molecular weight is 495 g/mol. The fourth-order valence-electron chi connectivity index (χ4n) is 4.53. The summed E-state index contributed by atoms with van der Waals surface area (Å²) in [6.07, 6.45) is 3.96. The summed E-state index contributed by atoms with van der Waals surface area (Å²) in [7, 11) is 0. The van der Waals surface area contributed by atoms with Crippen molar-refractivity contribution in [3.63, 3.8) is 0 Å². The first-order valence-electron chi connectivity index (χ1n) is 11.2. The predicted molar refractivity (Wildman–Crippen MR) is 147 cm³/mol. The van der Waals surface area contributed by atoms with E-state index in [1.54, 1.807) is 17.0 Å². The van der Waals surface area contributed by atoms with E-state index >= 15 is 0 Å². The van der Waals surface area contributed by atoms with Crippen molar-refractivity contribution in [1.29, 1.82) is 0 Å². The standard InChI is InChI=1S/C29H19FN2OS2/c30-22-14-12-19(13-15-22)17-31-18-21(24-9-3-4-10-25(24)31)16-27-28(33)32(29(34)35-27)26-11-5-7-20-6-1-2-8-23(20)26/h1-16,18H,17H2/b27-16+. The van der Waals surface area contributed by atoms with Crippen molar-refractivity contribution < 1.29 is 9.18 Å². The van der Waals surface area contributed by atoms with Gasteiger partial charge in [-0.3, -0.25) is 9.69 Å². The maximum Gasteiger partial charge on any atom is 0.270 e. The summed E-state index contributed by atoms with van der Waals surface area (Å²) in [4.78, 5) is 15.8. The van der Waals surface area contributed by atoms with Gasteiger partial charge in [-0.2, -0.15) is 0 Å². The molecular formula is C29H19FN2OS2. The number of halogens is 1. The van der Waals surface area contributed by atoms with Crippen LogP contribution in [-0.4, -0.2) is 14.8 Å². The third-order valence-corrected chi connectivity index (χ3v) is 7.48. The van der Waals surface area contributed by atoms with E-state index in [-0.39, 0.29) is 11.7 Å². The molecule has 3 nitrogen and oxygen atoms in total. The van der Waals surface area contributed by atoms with Gasteiger partial charge in [0.05, 0.1) is 10.6 Å². The number of carbonyl (C=O) groups excluding carboxylic acids is 1. The fraction of sp³-hybridized carbons (Fsp3) is 0.0345. The number of rotatable bonds is 4. The van der Waals surface area contributed by atoms with Crippen molar-refractivity contribution in [3.05, 3.63) is 119 Å². The van der Waals surface area contributed by atoms with Crippen LogP contribution < -0.4 is 4.90 Å². The second kappa shape index (κ2) is 8.80. The van der Waals surface area contributed by atoms with Gasteiger partial charge >= 0.3 is 0 Å². The van der Waals surface area contributed by atoms with Crippen LogP contribution in [0.2, 0.25) is 0 Å². The van der Waals surface area contributed by atoms with E-state index < -0.39 is 0 Å². The summed E-state index contributed by atoms with van der Waals surface area (Å²) < 4.78 is 16.0. The van der Waals surface area contributed by atoms with Crippen molar-refractivity contribution in [2.45, 2.75) is 6.54 Å². The molecule has 35 heavy (non-hydrogen) atoms. The van der Waals surface area contributed by atoms with Crippen LogP contribution >= 0.6 is 24.0 Å².